The van der Waals surface area contributed by atoms with Gasteiger partial charge >= 0.3 is 0 Å². The molecule has 1 heterocycles. The summed E-state index contributed by atoms with van der Waals surface area (Å²) < 4.78 is 27.5. The van der Waals surface area contributed by atoms with Crippen molar-refractivity contribution in [3.05, 3.63) is 95.3 Å². The number of benzene rings is 2. The molecule has 0 bridgehead atoms. The molecule has 24 heavy (non-hydrogen) atoms. The highest BCUT2D eigenvalue weighted by Crippen LogP contribution is 2.14. The van der Waals surface area contributed by atoms with Gasteiger partial charge in [0.25, 0.3) is 0 Å². The predicted molar refractivity (Wildman–Crippen MR) is 92.8 cm³/mol. The number of rotatable bonds is 2. The zero-order valence-corrected chi connectivity index (χ0v) is 13.1. The smallest absolute Gasteiger partial charge is 0.176 e. The Morgan fingerprint density at radius 2 is 1.29 bits per heavy atom. The molecule has 2 aromatic carbocycles. The number of halogens is 2. The van der Waals surface area contributed by atoms with Crippen LogP contribution in [-0.2, 0) is 0 Å². The summed E-state index contributed by atoms with van der Waals surface area (Å²) in [6, 6.07) is 15.2. The lowest BCUT2D eigenvalue weighted by Crippen LogP contribution is -1.89. The number of aromatic nitrogens is 1. The van der Waals surface area contributed by atoms with Crippen LogP contribution in [0.2, 0.25) is 0 Å². The highest BCUT2D eigenvalue weighted by Gasteiger charge is 2.06. The average molecular weight is 319 g/mol. The van der Waals surface area contributed by atoms with Crippen LogP contribution in [0.4, 0.5) is 8.78 Å². The summed E-state index contributed by atoms with van der Waals surface area (Å²) in [5.41, 5.74) is 3.59. The zero-order chi connectivity index (χ0) is 16.9. The van der Waals surface area contributed by atoms with Gasteiger partial charge in [-0.05, 0) is 48.9 Å². The number of nitrogens with zero attached hydrogens (tertiary/aromatic N) is 1. The molecule has 0 spiro atoms. The van der Waals surface area contributed by atoms with E-state index in [1.807, 2.05) is 55.5 Å². The van der Waals surface area contributed by atoms with E-state index in [0.717, 1.165) is 29.1 Å². The van der Waals surface area contributed by atoms with Gasteiger partial charge in [0.05, 0.1) is 0 Å². The normalized spacial score (nSPS) is 10.6. The minimum atomic E-state index is -0.861. The summed E-state index contributed by atoms with van der Waals surface area (Å²) >= 11 is 0. The molecule has 0 atom stereocenters. The Morgan fingerprint density at radius 1 is 0.792 bits per heavy atom. The van der Waals surface area contributed by atoms with Gasteiger partial charge in [-0.3, -0.25) is 0 Å². The lowest BCUT2D eigenvalue weighted by Gasteiger charge is -2.01. The molecule has 3 rings (SSSR count). The third-order valence-electron chi connectivity index (χ3n) is 3.52. The molecule has 3 heteroatoms. The Labute approximate surface area is 139 Å². The highest BCUT2D eigenvalue weighted by atomic mass is 19.2. The Morgan fingerprint density at radius 3 is 1.79 bits per heavy atom. The minimum absolute atomic E-state index is 0.680. The van der Waals surface area contributed by atoms with E-state index >= 15 is 0 Å². The third-order valence-corrected chi connectivity index (χ3v) is 3.52. The quantitative estimate of drug-likeness (QED) is 0.573. The van der Waals surface area contributed by atoms with E-state index in [-0.39, 0.29) is 0 Å². The van der Waals surface area contributed by atoms with Gasteiger partial charge in [-0.2, -0.15) is 0 Å². The van der Waals surface area contributed by atoms with Crippen molar-refractivity contribution in [2.75, 3.05) is 0 Å². The molecular formula is C21H15F2N. The standard InChI is InChI=1S/C21H15F2N/c1-2-3-16-4-6-17(7-5-16)8-9-18-10-12-19(13-11-18)24-14-20(22)21(23)15-24/h2-7,10-15H,1H3. The van der Waals surface area contributed by atoms with Gasteiger partial charge in [0.15, 0.2) is 11.6 Å². The molecule has 1 aromatic heterocycles. The number of hydrogen-bond acceptors (Lipinski definition) is 0. The van der Waals surface area contributed by atoms with Gasteiger partial charge in [-0.15, -0.1) is 0 Å². The summed E-state index contributed by atoms with van der Waals surface area (Å²) in [5, 5.41) is 0. The molecular weight excluding hydrogens is 304 g/mol. The highest BCUT2D eigenvalue weighted by molar-refractivity contribution is 5.52. The summed E-state index contributed by atoms with van der Waals surface area (Å²) in [6.07, 6.45) is 6.25. The summed E-state index contributed by atoms with van der Waals surface area (Å²) in [7, 11) is 0. The molecule has 0 aliphatic carbocycles. The fourth-order valence-electron chi connectivity index (χ4n) is 2.29. The van der Waals surface area contributed by atoms with E-state index in [9.17, 15) is 8.78 Å². The van der Waals surface area contributed by atoms with E-state index in [4.69, 9.17) is 0 Å². The SMILES string of the molecule is CC=Cc1ccc(C#Cc2ccc(-n3cc(F)c(F)c3)cc2)cc1. The van der Waals surface area contributed by atoms with Crippen LogP contribution < -0.4 is 0 Å². The van der Waals surface area contributed by atoms with Crippen molar-refractivity contribution in [3.8, 4) is 17.5 Å². The average Bonchev–Trinajstić information content (AvgIpc) is 2.94. The van der Waals surface area contributed by atoms with Crippen molar-refractivity contribution in [3.63, 3.8) is 0 Å². The largest absolute Gasteiger partial charge is 0.318 e. The second-order valence-corrected chi connectivity index (χ2v) is 5.28. The topological polar surface area (TPSA) is 4.93 Å². The molecule has 3 aromatic rings. The first-order valence-corrected chi connectivity index (χ1v) is 7.54. The molecule has 0 saturated carbocycles. The third kappa shape index (κ3) is 3.61. The first-order chi connectivity index (χ1) is 11.7. The lowest BCUT2D eigenvalue weighted by molar-refractivity contribution is 0.516. The van der Waals surface area contributed by atoms with E-state index in [0.29, 0.717) is 5.69 Å². The molecule has 0 fully saturated rings. The second-order valence-electron chi connectivity index (χ2n) is 5.28. The van der Waals surface area contributed by atoms with Crippen molar-refractivity contribution in [1.29, 1.82) is 0 Å². The van der Waals surface area contributed by atoms with Crippen LogP contribution in [0.5, 0.6) is 0 Å². The first kappa shape index (κ1) is 15.8. The van der Waals surface area contributed by atoms with Gasteiger partial charge in [0, 0.05) is 29.2 Å². The molecule has 1 nitrogen and oxygen atoms in total. The van der Waals surface area contributed by atoms with Crippen molar-refractivity contribution in [1.82, 2.24) is 4.57 Å². The van der Waals surface area contributed by atoms with Crippen LogP contribution in [0.15, 0.2) is 67.0 Å². The van der Waals surface area contributed by atoms with Crippen LogP contribution in [0.3, 0.4) is 0 Å². The number of allylic oxidation sites excluding steroid dienone is 1. The lowest BCUT2D eigenvalue weighted by atomic mass is 10.1. The summed E-state index contributed by atoms with van der Waals surface area (Å²) in [5.74, 6) is 4.46. The molecule has 0 radical (unpaired) electrons. The molecule has 0 N–H and O–H groups in total. The Bertz CT molecular complexity index is 901. The van der Waals surface area contributed by atoms with Crippen molar-refractivity contribution >= 4 is 6.08 Å². The fraction of sp³-hybridized carbons (Fsp3) is 0.0476. The van der Waals surface area contributed by atoms with Crippen LogP contribution in [0.25, 0.3) is 11.8 Å². The van der Waals surface area contributed by atoms with Crippen LogP contribution >= 0.6 is 0 Å². The van der Waals surface area contributed by atoms with Gasteiger partial charge in [-0.25, -0.2) is 8.78 Å². The maximum Gasteiger partial charge on any atom is 0.176 e. The van der Waals surface area contributed by atoms with Gasteiger partial charge in [0.1, 0.15) is 0 Å². The van der Waals surface area contributed by atoms with Crippen molar-refractivity contribution in [2.45, 2.75) is 6.92 Å². The molecule has 0 aliphatic heterocycles. The summed E-state index contributed by atoms with van der Waals surface area (Å²) in [4.78, 5) is 0. The fourth-order valence-corrected chi connectivity index (χ4v) is 2.29. The molecule has 118 valence electrons. The maximum absolute atomic E-state index is 13.1. The van der Waals surface area contributed by atoms with Crippen molar-refractivity contribution in [2.24, 2.45) is 0 Å². The van der Waals surface area contributed by atoms with E-state index in [2.05, 4.69) is 11.8 Å². The predicted octanol–water partition coefficient (Wildman–Crippen LogP) is 5.19. The maximum atomic E-state index is 13.1. The van der Waals surface area contributed by atoms with Crippen LogP contribution in [0.1, 0.15) is 23.6 Å². The first-order valence-electron chi connectivity index (χ1n) is 7.54. The van der Waals surface area contributed by atoms with Gasteiger partial charge < -0.3 is 4.57 Å². The number of hydrogen-bond donors (Lipinski definition) is 0. The zero-order valence-electron chi connectivity index (χ0n) is 13.1. The van der Waals surface area contributed by atoms with E-state index in [1.54, 1.807) is 12.1 Å². The molecule has 0 aliphatic rings. The Hall–Kier alpha value is -3.12. The van der Waals surface area contributed by atoms with Crippen LogP contribution in [-0.4, -0.2) is 4.57 Å². The molecule has 0 unspecified atom stereocenters. The van der Waals surface area contributed by atoms with Gasteiger partial charge in [0.2, 0.25) is 0 Å². The Kier molecular flexibility index (Phi) is 4.58. The van der Waals surface area contributed by atoms with E-state index < -0.39 is 11.6 Å². The van der Waals surface area contributed by atoms with E-state index in [1.165, 1.54) is 4.57 Å². The molecule has 0 saturated heterocycles. The summed E-state index contributed by atoms with van der Waals surface area (Å²) in [6.45, 7) is 1.98. The molecule has 0 amide bonds. The monoisotopic (exact) mass is 319 g/mol. The second kappa shape index (κ2) is 6.97. The minimum Gasteiger partial charge on any atom is -0.318 e. The Balaban J connectivity index is 1.77. The van der Waals surface area contributed by atoms with Crippen LogP contribution in [0, 0.1) is 23.5 Å². The van der Waals surface area contributed by atoms with Gasteiger partial charge in [-0.1, -0.05) is 36.1 Å². The van der Waals surface area contributed by atoms with Crippen molar-refractivity contribution < 1.29 is 8.78 Å².